The molecule has 0 aromatic carbocycles. The minimum Gasteiger partial charge on any atom is -0.338 e. The Balaban J connectivity index is 2.10. The largest absolute Gasteiger partial charge is 0.338 e. The van der Waals surface area contributed by atoms with Gasteiger partial charge in [0.1, 0.15) is 0 Å². The molecule has 1 N–H and O–H groups in total. The van der Waals surface area contributed by atoms with Gasteiger partial charge in [-0.15, -0.1) is 0 Å². The average Bonchev–Trinajstić information content (AvgIpc) is 2.91. The van der Waals surface area contributed by atoms with Gasteiger partial charge in [-0.05, 0) is 47.5 Å². The van der Waals surface area contributed by atoms with E-state index in [4.69, 9.17) is 4.98 Å². The lowest BCUT2D eigenvalue weighted by atomic mass is 10.1. The maximum absolute atomic E-state index is 4.76. The van der Waals surface area contributed by atoms with E-state index in [0.717, 1.165) is 24.7 Å². The first-order chi connectivity index (χ1) is 9.90. The molecule has 118 valence electrons. The number of aryl methyl sites for hydroxylation is 1. The van der Waals surface area contributed by atoms with Crippen LogP contribution in [0.5, 0.6) is 0 Å². The highest BCUT2D eigenvalue weighted by Crippen LogP contribution is 2.26. The van der Waals surface area contributed by atoms with E-state index < -0.39 is 0 Å². The van der Waals surface area contributed by atoms with Gasteiger partial charge >= 0.3 is 0 Å². The first-order valence-electron chi connectivity index (χ1n) is 8.25. The number of hydrogen-bond acceptors (Lipinski definition) is 4. The Morgan fingerprint density at radius 1 is 1.29 bits per heavy atom. The third-order valence-corrected chi connectivity index (χ3v) is 4.24. The minimum absolute atomic E-state index is 0.115. The van der Waals surface area contributed by atoms with Crippen LogP contribution in [0.15, 0.2) is 6.20 Å². The van der Waals surface area contributed by atoms with Crippen LogP contribution < -0.4 is 10.2 Å². The molecule has 0 bridgehead atoms. The van der Waals surface area contributed by atoms with Gasteiger partial charge in [0.05, 0.1) is 0 Å². The van der Waals surface area contributed by atoms with Crippen molar-refractivity contribution in [2.45, 2.75) is 78.4 Å². The Morgan fingerprint density at radius 3 is 2.48 bits per heavy atom. The van der Waals surface area contributed by atoms with Crippen molar-refractivity contribution in [2.24, 2.45) is 0 Å². The quantitative estimate of drug-likeness (QED) is 0.902. The highest BCUT2D eigenvalue weighted by molar-refractivity contribution is 5.34. The monoisotopic (exact) mass is 290 g/mol. The van der Waals surface area contributed by atoms with Crippen LogP contribution in [-0.4, -0.2) is 28.1 Å². The molecule has 0 radical (unpaired) electrons. The second-order valence-electron chi connectivity index (χ2n) is 7.11. The lowest BCUT2D eigenvalue weighted by Gasteiger charge is -2.28. The van der Waals surface area contributed by atoms with Crippen LogP contribution in [0.1, 0.15) is 64.6 Å². The summed E-state index contributed by atoms with van der Waals surface area (Å²) in [6, 6.07) is 0.632. The summed E-state index contributed by atoms with van der Waals surface area (Å²) in [4.78, 5) is 11.8. The van der Waals surface area contributed by atoms with E-state index in [0.29, 0.717) is 6.04 Å². The Morgan fingerprint density at radius 2 is 1.95 bits per heavy atom. The summed E-state index contributed by atoms with van der Waals surface area (Å²) in [5.74, 6) is 0.904. The molecule has 0 spiro atoms. The molecule has 1 aliphatic rings. The number of nitrogens with one attached hydrogen (secondary N) is 1. The molecule has 1 aromatic rings. The van der Waals surface area contributed by atoms with E-state index in [1.54, 1.807) is 0 Å². The summed E-state index contributed by atoms with van der Waals surface area (Å²) >= 11 is 0. The minimum atomic E-state index is 0.115. The molecular formula is C17H30N4. The van der Waals surface area contributed by atoms with Gasteiger partial charge in [-0.3, -0.25) is 0 Å². The molecule has 0 saturated heterocycles. The van der Waals surface area contributed by atoms with Crippen LogP contribution in [0, 0.1) is 6.92 Å². The fraction of sp³-hybridized carbons (Fsp3) is 0.765. The molecule has 0 aliphatic heterocycles. The van der Waals surface area contributed by atoms with E-state index in [2.05, 4.69) is 49.8 Å². The van der Waals surface area contributed by atoms with Crippen LogP contribution >= 0.6 is 0 Å². The third-order valence-electron chi connectivity index (χ3n) is 4.24. The normalized spacial score (nSPS) is 16.4. The second-order valence-corrected chi connectivity index (χ2v) is 7.11. The zero-order valence-corrected chi connectivity index (χ0v) is 14.2. The SMILES string of the molecule is CCN(c1ncc(CNC(C)(C)C)c(C)n1)C1CCCC1. The topological polar surface area (TPSA) is 41.1 Å². The molecule has 1 aliphatic carbocycles. The molecule has 4 heteroatoms. The van der Waals surface area contributed by atoms with Crippen molar-refractivity contribution in [3.63, 3.8) is 0 Å². The van der Waals surface area contributed by atoms with Crippen molar-refractivity contribution in [2.75, 3.05) is 11.4 Å². The maximum atomic E-state index is 4.76. The molecule has 2 rings (SSSR count). The molecule has 21 heavy (non-hydrogen) atoms. The highest BCUT2D eigenvalue weighted by atomic mass is 15.3. The zero-order valence-electron chi connectivity index (χ0n) is 14.2. The standard InChI is InChI=1S/C17H30N4/c1-6-21(15-9-7-8-10-15)16-18-11-14(13(2)20-16)12-19-17(3,4)5/h11,15,19H,6-10,12H2,1-5H3. The van der Waals surface area contributed by atoms with Crippen molar-refractivity contribution in [3.8, 4) is 0 Å². The lowest BCUT2D eigenvalue weighted by Crippen LogP contribution is -2.36. The predicted molar refractivity (Wildman–Crippen MR) is 88.6 cm³/mol. The molecule has 0 atom stereocenters. The van der Waals surface area contributed by atoms with Crippen molar-refractivity contribution in [3.05, 3.63) is 17.5 Å². The third kappa shape index (κ3) is 4.40. The summed E-state index contributed by atoms with van der Waals surface area (Å²) in [6.07, 6.45) is 7.24. The molecule has 1 heterocycles. The number of hydrogen-bond donors (Lipinski definition) is 1. The zero-order chi connectivity index (χ0) is 15.5. The van der Waals surface area contributed by atoms with Crippen molar-refractivity contribution in [1.29, 1.82) is 0 Å². The molecule has 1 saturated carbocycles. The highest BCUT2D eigenvalue weighted by Gasteiger charge is 2.23. The van der Waals surface area contributed by atoms with Gasteiger partial charge in [0.2, 0.25) is 5.95 Å². The van der Waals surface area contributed by atoms with Crippen LogP contribution in [0.4, 0.5) is 5.95 Å². The Hall–Kier alpha value is -1.16. The van der Waals surface area contributed by atoms with Gasteiger partial charge in [-0.25, -0.2) is 9.97 Å². The number of anilines is 1. The van der Waals surface area contributed by atoms with Crippen LogP contribution in [-0.2, 0) is 6.54 Å². The summed E-state index contributed by atoms with van der Waals surface area (Å²) in [5.41, 5.74) is 2.40. The predicted octanol–water partition coefficient (Wildman–Crippen LogP) is 3.44. The number of rotatable bonds is 5. The van der Waals surface area contributed by atoms with Gasteiger partial charge in [0.25, 0.3) is 0 Å². The second kappa shape index (κ2) is 6.73. The Labute approximate surface area is 129 Å². The van der Waals surface area contributed by atoms with Crippen molar-refractivity contribution >= 4 is 5.95 Å². The van der Waals surface area contributed by atoms with Gasteiger partial charge in [0.15, 0.2) is 0 Å². The number of aromatic nitrogens is 2. The average molecular weight is 290 g/mol. The summed E-state index contributed by atoms with van der Waals surface area (Å²) in [6.45, 7) is 12.6. The first kappa shape index (κ1) is 16.2. The summed E-state index contributed by atoms with van der Waals surface area (Å²) < 4.78 is 0. The van der Waals surface area contributed by atoms with E-state index in [-0.39, 0.29) is 5.54 Å². The van der Waals surface area contributed by atoms with E-state index >= 15 is 0 Å². The van der Waals surface area contributed by atoms with E-state index in [1.807, 2.05) is 6.20 Å². The summed E-state index contributed by atoms with van der Waals surface area (Å²) in [7, 11) is 0. The van der Waals surface area contributed by atoms with Crippen molar-refractivity contribution < 1.29 is 0 Å². The summed E-state index contributed by atoms with van der Waals surface area (Å²) in [5, 5.41) is 3.50. The van der Waals surface area contributed by atoms with Crippen LogP contribution in [0.2, 0.25) is 0 Å². The van der Waals surface area contributed by atoms with E-state index in [9.17, 15) is 0 Å². The smallest absolute Gasteiger partial charge is 0.225 e. The fourth-order valence-electron chi connectivity index (χ4n) is 2.93. The lowest BCUT2D eigenvalue weighted by molar-refractivity contribution is 0.423. The van der Waals surface area contributed by atoms with Crippen molar-refractivity contribution in [1.82, 2.24) is 15.3 Å². The first-order valence-corrected chi connectivity index (χ1v) is 8.25. The molecule has 4 nitrogen and oxygen atoms in total. The molecule has 0 unspecified atom stereocenters. The Kier molecular flexibility index (Phi) is 5.20. The fourth-order valence-corrected chi connectivity index (χ4v) is 2.93. The van der Waals surface area contributed by atoms with Crippen LogP contribution in [0.3, 0.4) is 0 Å². The molecule has 1 fully saturated rings. The maximum Gasteiger partial charge on any atom is 0.225 e. The molecular weight excluding hydrogens is 260 g/mol. The van der Waals surface area contributed by atoms with Crippen LogP contribution in [0.25, 0.3) is 0 Å². The van der Waals surface area contributed by atoms with Gasteiger partial charge in [0, 0.05) is 42.1 Å². The molecule has 0 amide bonds. The Bertz CT molecular complexity index is 458. The van der Waals surface area contributed by atoms with Gasteiger partial charge < -0.3 is 10.2 Å². The van der Waals surface area contributed by atoms with Gasteiger partial charge in [-0.2, -0.15) is 0 Å². The van der Waals surface area contributed by atoms with Gasteiger partial charge in [-0.1, -0.05) is 12.8 Å². The number of nitrogens with zero attached hydrogens (tertiary/aromatic N) is 3. The molecule has 1 aromatic heterocycles. The van der Waals surface area contributed by atoms with E-state index in [1.165, 1.54) is 31.2 Å².